The summed E-state index contributed by atoms with van der Waals surface area (Å²) in [7, 11) is 0. The van der Waals surface area contributed by atoms with Crippen LogP contribution in [0.2, 0.25) is 0 Å². The summed E-state index contributed by atoms with van der Waals surface area (Å²) in [5, 5.41) is 2.41. The molecular weight excluding hydrogens is 703 g/mol. The molecule has 0 amide bonds. The number of para-hydroxylation sites is 2. The molecule has 8 aromatic carbocycles. The van der Waals surface area contributed by atoms with Gasteiger partial charge in [0.25, 0.3) is 0 Å². The summed E-state index contributed by atoms with van der Waals surface area (Å²) in [6.07, 6.45) is 0. The van der Waals surface area contributed by atoms with Gasteiger partial charge in [0.05, 0.1) is 16.7 Å². The lowest BCUT2D eigenvalue weighted by Gasteiger charge is -2.15. The van der Waals surface area contributed by atoms with Crippen molar-refractivity contribution in [2.45, 2.75) is 20.8 Å². The van der Waals surface area contributed by atoms with Gasteiger partial charge in [-0.05, 0) is 101 Å². The van der Waals surface area contributed by atoms with Crippen molar-refractivity contribution in [3.8, 4) is 39.1 Å². The predicted molar refractivity (Wildman–Crippen MR) is 247 cm³/mol. The summed E-state index contributed by atoms with van der Waals surface area (Å²) in [6.45, 7) is 10.8. The van der Waals surface area contributed by atoms with E-state index < -0.39 is 0 Å². The standard InChI is InChI=1S/C55H43N3/c1-37-18-11-12-27-48(37)52-36-44(33-32-38(52)2)43-23-16-26-47(35-43)58-53-31-14-13-28-50(53)51-30-17-29-49(54(51)58)45-24-15-25-46(34-45)55(56-39(3)41-19-7-5-8-20-41)57-40(4)42-21-9-6-10-22-42/h5-36H,3H2,1-2,4H3/b56-55-,57-40+. The molecule has 0 fully saturated rings. The summed E-state index contributed by atoms with van der Waals surface area (Å²) in [4.78, 5) is 10.2. The van der Waals surface area contributed by atoms with Crippen molar-refractivity contribution in [1.82, 2.24) is 4.57 Å². The molecule has 58 heavy (non-hydrogen) atoms. The average Bonchev–Trinajstić information content (AvgIpc) is 3.62. The molecule has 0 N–H and O–H groups in total. The number of hydrogen-bond acceptors (Lipinski definition) is 1. The molecule has 0 radical (unpaired) electrons. The van der Waals surface area contributed by atoms with Crippen molar-refractivity contribution in [2.75, 3.05) is 0 Å². The van der Waals surface area contributed by atoms with E-state index in [1.807, 2.05) is 55.5 Å². The largest absolute Gasteiger partial charge is 0.309 e. The third-order valence-corrected chi connectivity index (χ3v) is 11.1. The maximum atomic E-state index is 5.15. The fraction of sp³-hybridized carbons (Fsp3) is 0.0545. The van der Waals surface area contributed by atoms with Crippen LogP contribution in [0.15, 0.2) is 211 Å². The van der Waals surface area contributed by atoms with E-state index in [2.05, 4.69) is 171 Å². The van der Waals surface area contributed by atoms with E-state index in [0.717, 1.165) is 50.2 Å². The van der Waals surface area contributed by atoms with E-state index in [-0.39, 0.29) is 0 Å². The molecule has 1 heterocycles. The summed E-state index contributed by atoms with van der Waals surface area (Å²) >= 11 is 0. The van der Waals surface area contributed by atoms with Gasteiger partial charge in [0, 0.05) is 33.3 Å². The van der Waals surface area contributed by atoms with E-state index in [1.165, 1.54) is 44.2 Å². The number of fused-ring (bicyclic) bond motifs is 3. The topological polar surface area (TPSA) is 29.6 Å². The molecule has 3 heteroatoms. The van der Waals surface area contributed by atoms with Crippen LogP contribution in [0.4, 0.5) is 0 Å². The van der Waals surface area contributed by atoms with Gasteiger partial charge in [0.2, 0.25) is 0 Å². The van der Waals surface area contributed by atoms with E-state index in [4.69, 9.17) is 9.98 Å². The summed E-state index contributed by atoms with van der Waals surface area (Å²) < 4.78 is 2.43. The van der Waals surface area contributed by atoms with Crippen LogP contribution in [0.5, 0.6) is 0 Å². The minimum Gasteiger partial charge on any atom is -0.309 e. The first-order chi connectivity index (χ1) is 28.4. The molecule has 0 bridgehead atoms. The monoisotopic (exact) mass is 745 g/mol. The van der Waals surface area contributed by atoms with Crippen LogP contribution in [-0.2, 0) is 0 Å². The zero-order valence-corrected chi connectivity index (χ0v) is 33.0. The fourth-order valence-electron chi connectivity index (χ4n) is 8.02. The zero-order chi connectivity index (χ0) is 39.6. The fourth-order valence-corrected chi connectivity index (χ4v) is 8.02. The Hall–Kier alpha value is -7.36. The van der Waals surface area contributed by atoms with Crippen molar-refractivity contribution in [1.29, 1.82) is 0 Å². The summed E-state index contributed by atoms with van der Waals surface area (Å²) in [5.41, 5.74) is 17.5. The third-order valence-electron chi connectivity index (χ3n) is 11.1. The Bertz CT molecular complexity index is 3040. The molecule has 278 valence electrons. The smallest absolute Gasteiger partial charge is 0.160 e. The van der Waals surface area contributed by atoms with Crippen LogP contribution >= 0.6 is 0 Å². The van der Waals surface area contributed by atoms with Gasteiger partial charge in [-0.25, -0.2) is 9.98 Å². The van der Waals surface area contributed by atoms with Crippen molar-refractivity contribution in [3.05, 3.63) is 229 Å². The van der Waals surface area contributed by atoms with Gasteiger partial charge in [-0.3, -0.25) is 0 Å². The Morgan fingerprint density at radius 2 is 1.05 bits per heavy atom. The molecule has 9 aromatic rings. The van der Waals surface area contributed by atoms with E-state index in [1.54, 1.807) is 0 Å². The molecule has 0 aliphatic rings. The van der Waals surface area contributed by atoms with E-state index in [0.29, 0.717) is 11.5 Å². The lowest BCUT2D eigenvalue weighted by molar-refractivity contribution is 1.18. The molecule has 3 nitrogen and oxygen atoms in total. The van der Waals surface area contributed by atoms with Gasteiger partial charge in [-0.15, -0.1) is 0 Å². The van der Waals surface area contributed by atoms with Gasteiger partial charge in [-0.1, -0.05) is 170 Å². The Labute approximate surface area is 340 Å². The molecule has 0 aliphatic heterocycles. The Morgan fingerprint density at radius 1 is 0.448 bits per heavy atom. The molecule has 0 saturated heterocycles. The van der Waals surface area contributed by atoms with Gasteiger partial charge in [0.1, 0.15) is 0 Å². The van der Waals surface area contributed by atoms with Gasteiger partial charge in [-0.2, -0.15) is 0 Å². The van der Waals surface area contributed by atoms with Gasteiger partial charge >= 0.3 is 0 Å². The van der Waals surface area contributed by atoms with Crippen molar-refractivity contribution in [3.63, 3.8) is 0 Å². The maximum Gasteiger partial charge on any atom is 0.160 e. The number of rotatable bonds is 8. The molecule has 0 saturated carbocycles. The number of benzene rings is 8. The first kappa shape index (κ1) is 36.3. The van der Waals surface area contributed by atoms with Crippen LogP contribution in [-0.4, -0.2) is 16.1 Å². The van der Waals surface area contributed by atoms with Crippen LogP contribution in [0.25, 0.3) is 66.6 Å². The van der Waals surface area contributed by atoms with Crippen LogP contribution in [0, 0.1) is 13.8 Å². The highest BCUT2D eigenvalue weighted by molar-refractivity contribution is 6.15. The number of aromatic nitrogens is 1. The molecule has 0 spiro atoms. The normalized spacial score (nSPS) is 12.0. The first-order valence-corrected chi connectivity index (χ1v) is 19.8. The maximum absolute atomic E-state index is 5.15. The number of aliphatic imine (C=N–C) groups is 2. The zero-order valence-electron chi connectivity index (χ0n) is 33.0. The highest BCUT2D eigenvalue weighted by Crippen LogP contribution is 2.39. The highest BCUT2D eigenvalue weighted by atomic mass is 15.0. The van der Waals surface area contributed by atoms with Crippen LogP contribution in [0.1, 0.15) is 34.7 Å². The molecule has 1 aromatic heterocycles. The summed E-state index contributed by atoms with van der Waals surface area (Å²) in [6, 6.07) is 68.7. The van der Waals surface area contributed by atoms with Crippen molar-refractivity contribution < 1.29 is 0 Å². The second-order valence-electron chi connectivity index (χ2n) is 14.8. The van der Waals surface area contributed by atoms with Gasteiger partial charge < -0.3 is 4.57 Å². The minimum absolute atomic E-state index is 0.612. The molecule has 9 rings (SSSR count). The third kappa shape index (κ3) is 6.99. The molecular formula is C55H43N3. The molecule has 0 unspecified atom stereocenters. The van der Waals surface area contributed by atoms with E-state index in [9.17, 15) is 0 Å². The van der Waals surface area contributed by atoms with Crippen LogP contribution in [0.3, 0.4) is 0 Å². The van der Waals surface area contributed by atoms with Crippen molar-refractivity contribution in [2.24, 2.45) is 9.98 Å². The minimum atomic E-state index is 0.612. The summed E-state index contributed by atoms with van der Waals surface area (Å²) in [5.74, 6) is 0.612. The lowest BCUT2D eigenvalue weighted by Crippen LogP contribution is -2.04. The molecule has 0 atom stereocenters. The SMILES string of the molecule is C=C(/N=C(\N=C(/C)c1ccccc1)c1cccc(-c2cccc3c4ccccc4n(-c4cccc(-c5ccc(C)c(-c6ccccc6C)c5)c4)c23)c1)c1ccccc1. The second-order valence-corrected chi connectivity index (χ2v) is 14.8. The number of hydrogen-bond donors (Lipinski definition) is 0. The molecule has 0 aliphatic carbocycles. The quantitative estimate of drug-likeness (QED) is 0.110. The number of aryl methyl sites for hydroxylation is 2. The Balaban J connectivity index is 1.20. The number of amidine groups is 1. The first-order valence-electron chi connectivity index (χ1n) is 19.8. The van der Waals surface area contributed by atoms with E-state index >= 15 is 0 Å². The lowest BCUT2D eigenvalue weighted by atomic mass is 9.93. The van der Waals surface area contributed by atoms with Crippen LogP contribution < -0.4 is 0 Å². The second kappa shape index (κ2) is 15.6. The average molecular weight is 746 g/mol. The Morgan fingerprint density at radius 3 is 1.86 bits per heavy atom. The Kier molecular flexibility index (Phi) is 9.79. The highest BCUT2D eigenvalue weighted by Gasteiger charge is 2.18. The predicted octanol–water partition coefficient (Wildman–Crippen LogP) is 14.3. The van der Waals surface area contributed by atoms with Crippen molar-refractivity contribution >= 4 is 39.1 Å². The number of nitrogens with zero attached hydrogens (tertiary/aromatic N) is 3. The van der Waals surface area contributed by atoms with Gasteiger partial charge in [0.15, 0.2) is 5.84 Å².